The van der Waals surface area contributed by atoms with Gasteiger partial charge in [-0.3, -0.25) is 0 Å². The SMILES string of the molecule is C=CC(C)(C)OC(=O)C#CC1C(C(=O)[O-])C1(C)C. The summed E-state index contributed by atoms with van der Waals surface area (Å²) < 4.78 is 5.04. The zero-order valence-electron chi connectivity index (χ0n) is 11.1. The van der Waals surface area contributed by atoms with Gasteiger partial charge in [-0.25, -0.2) is 4.79 Å². The molecule has 1 rings (SSSR count). The lowest BCUT2D eigenvalue weighted by Crippen LogP contribution is -2.26. The molecule has 0 saturated heterocycles. The van der Waals surface area contributed by atoms with Gasteiger partial charge in [0.05, 0.1) is 0 Å². The molecule has 4 heteroatoms. The summed E-state index contributed by atoms with van der Waals surface area (Å²) in [5.74, 6) is 2.18. The molecule has 0 aromatic rings. The number of carbonyl (C=O) groups excluding carboxylic acids is 2. The maximum Gasteiger partial charge on any atom is 0.385 e. The summed E-state index contributed by atoms with van der Waals surface area (Å²) in [6.45, 7) is 10.5. The number of hydrogen-bond acceptors (Lipinski definition) is 4. The maximum atomic E-state index is 11.4. The van der Waals surface area contributed by atoms with Crippen LogP contribution in [-0.4, -0.2) is 17.5 Å². The summed E-state index contributed by atoms with van der Waals surface area (Å²) in [5, 5.41) is 10.8. The first-order valence-electron chi connectivity index (χ1n) is 5.71. The molecule has 2 unspecified atom stereocenters. The molecule has 0 heterocycles. The van der Waals surface area contributed by atoms with Crippen LogP contribution >= 0.6 is 0 Å². The number of hydrogen-bond donors (Lipinski definition) is 0. The van der Waals surface area contributed by atoms with Crippen molar-refractivity contribution in [3.63, 3.8) is 0 Å². The highest BCUT2D eigenvalue weighted by molar-refractivity contribution is 5.89. The van der Waals surface area contributed by atoms with Gasteiger partial charge in [-0.2, -0.15) is 0 Å². The number of carbonyl (C=O) groups is 2. The van der Waals surface area contributed by atoms with Crippen LogP contribution in [0, 0.1) is 29.1 Å². The van der Waals surface area contributed by atoms with Crippen LogP contribution in [-0.2, 0) is 14.3 Å². The minimum atomic E-state index is -1.13. The molecule has 0 aromatic heterocycles. The fraction of sp³-hybridized carbons (Fsp3) is 0.571. The van der Waals surface area contributed by atoms with E-state index in [1.54, 1.807) is 27.7 Å². The number of aliphatic carboxylic acids is 1. The van der Waals surface area contributed by atoms with Crippen LogP contribution in [0.25, 0.3) is 0 Å². The second-order valence-electron chi connectivity index (χ2n) is 5.56. The average Bonchev–Trinajstić information content (AvgIpc) is 2.77. The average molecular weight is 249 g/mol. The quantitative estimate of drug-likeness (QED) is 0.316. The number of rotatable bonds is 3. The largest absolute Gasteiger partial charge is 0.550 e. The molecule has 18 heavy (non-hydrogen) atoms. The number of ether oxygens (including phenoxy) is 1. The summed E-state index contributed by atoms with van der Waals surface area (Å²) in [6, 6.07) is 0. The van der Waals surface area contributed by atoms with E-state index in [1.807, 2.05) is 0 Å². The number of carboxylic acids is 1. The zero-order chi connectivity index (χ0) is 14.1. The molecule has 0 aliphatic heterocycles. The first kappa shape index (κ1) is 14.3. The highest BCUT2D eigenvalue weighted by Crippen LogP contribution is 2.57. The molecule has 0 amide bonds. The summed E-state index contributed by atoms with van der Waals surface area (Å²) in [7, 11) is 0. The van der Waals surface area contributed by atoms with Crippen molar-refractivity contribution >= 4 is 11.9 Å². The Bertz CT molecular complexity index is 448. The van der Waals surface area contributed by atoms with Crippen molar-refractivity contribution in [2.75, 3.05) is 0 Å². The van der Waals surface area contributed by atoms with Gasteiger partial charge in [0.15, 0.2) is 0 Å². The second kappa shape index (κ2) is 4.49. The molecule has 0 N–H and O–H groups in total. The Kier molecular flexibility index (Phi) is 3.57. The Morgan fingerprint density at radius 2 is 2.00 bits per heavy atom. The van der Waals surface area contributed by atoms with E-state index < -0.39 is 28.9 Å². The van der Waals surface area contributed by atoms with Gasteiger partial charge in [-0.1, -0.05) is 26.3 Å². The third kappa shape index (κ3) is 2.92. The predicted molar refractivity (Wildman–Crippen MR) is 63.9 cm³/mol. The van der Waals surface area contributed by atoms with E-state index >= 15 is 0 Å². The van der Waals surface area contributed by atoms with Crippen molar-refractivity contribution in [3.8, 4) is 11.8 Å². The molecule has 0 spiro atoms. The lowest BCUT2D eigenvalue weighted by molar-refractivity contribution is -0.308. The van der Waals surface area contributed by atoms with Gasteiger partial charge in [-0.15, -0.1) is 0 Å². The fourth-order valence-electron chi connectivity index (χ4n) is 1.79. The monoisotopic (exact) mass is 249 g/mol. The Balaban J connectivity index is 2.66. The molecule has 98 valence electrons. The Labute approximate surface area is 107 Å². The van der Waals surface area contributed by atoms with Gasteiger partial charge in [-0.05, 0) is 25.3 Å². The van der Waals surface area contributed by atoms with Gasteiger partial charge in [0.2, 0.25) is 0 Å². The minimum Gasteiger partial charge on any atom is -0.550 e. The predicted octanol–water partition coefficient (Wildman–Crippen LogP) is 0.520. The van der Waals surface area contributed by atoms with Crippen LogP contribution in [0.3, 0.4) is 0 Å². The normalized spacial score (nSPS) is 24.4. The van der Waals surface area contributed by atoms with E-state index in [4.69, 9.17) is 4.74 Å². The fourth-order valence-corrected chi connectivity index (χ4v) is 1.79. The molecule has 0 bridgehead atoms. The number of esters is 1. The second-order valence-corrected chi connectivity index (χ2v) is 5.56. The van der Waals surface area contributed by atoms with E-state index in [0.29, 0.717) is 0 Å². The molecule has 1 aliphatic rings. The third-order valence-electron chi connectivity index (χ3n) is 3.26. The first-order chi connectivity index (χ1) is 8.12. The molecule has 2 atom stereocenters. The molecule has 1 saturated carbocycles. The molecule has 1 fully saturated rings. The maximum absolute atomic E-state index is 11.4. The highest BCUT2D eigenvalue weighted by atomic mass is 16.6. The molecule has 1 aliphatic carbocycles. The molecule has 0 radical (unpaired) electrons. The van der Waals surface area contributed by atoms with Gasteiger partial charge in [0, 0.05) is 23.7 Å². The van der Waals surface area contributed by atoms with Crippen molar-refractivity contribution in [3.05, 3.63) is 12.7 Å². The van der Waals surface area contributed by atoms with Crippen LogP contribution in [0.1, 0.15) is 27.7 Å². The van der Waals surface area contributed by atoms with Crippen LogP contribution in [0.15, 0.2) is 12.7 Å². The Morgan fingerprint density at radius 1 is 1.44 bits per heavy atom. The summed E-state index contributed by atoms with van der Waals surface area (Å²) in [4.78, 5) is 22.2. The van der Waals surface area contributed by atoms with Crippen molar-refractivity contribution in [2.24, 2.45) is 17.3 Å². The minimum absolute atomic E-state index is 0.359. The zero-order valence-corrected chi connectivity index (χ0v) is 11.1. The lowest BCUT2D eigenvalue weighted by Gasteiger charge is -2.18. The third-order valence-corrected chi connectivity index (χ3v) is 3.26. The van der Waals surface area contributed by atoms with E-state index in [0.717, 1.165) is 0 Å². The first-order valence-corrected chi connectivity index (χ1v) is 5.71. The summed E-state index contributed by atoms with van der Waals surface area (Å²) >= 11 is 0. The molecule has 4 nitrogen and oxygen atoms in total. The van der Waals surface area contributed by atoms with Crippen LogP contribution in [0.2, 0.25) is 0 Å². The smallest absolute Gasteiger partial charge is 0.385 e. The molecular weight excluding hydrogens is 232 g/mol. The lowest BCUT2D eigenvalue weighted by atomic mass is 10.1. The standard InChI is InChI=1S/C14H18O4/c1-6-13(2,3)18-10(15)8-7-9-11(12(16)17)14(9,4)5/h6,9,11H,1H2,2-5H3,(H,16,17)/p-1. The Morgan fingerprint density at radius 3 is 2.39 bits per heavy atom. The molecule has 0 aromatic carbocycles. The van der Waals surface area contributed by atoms with E-state index in [-0.39, 0.29) is 5.92 Å². The van der Waals surface area contributed by atoms with Gasteiger partial charge < -0.3 is 14.6 Å². The van der Waals surface area contributed by atoms with Crippen molar-refractivity contribution < 1.29 is 19.4 Å². The van der Waals surface area contributed by atoms with E-state index in [2.05, 4.69) is 18.4 Å². The summed E-state index contributed by atoms with van der Waals surface area (Å²) in [6.07, 6.45) is 1.50. The van der Waals surface area contributed by atoms with Crippen LogP contribution in [0.5, 0.6) is 0 Å². The van der Waals surface area contributed by atoms with Crippen molar-refractivity contribution in [1.82, 2.24) is 0 Å². The van der Waals surface area contributed by atoms with Crippen molar-refractivity contribution in [2.45, 2.75) is 33.3 Å². The van der Waals surface area contributed by atoms with Crippen LogP contribution < -0.4 is 5.11 Å². The van der Waals surface area contributed by atoms with Gasteiger partial charge in [0.1, 0.15) is 5.60 Å². The van der Waals surface area contributed by atoms with Crippen molar-refractivity contribution in [1.29, 1.82) is 0 Å². The highest BCUT2D eigenvalue weighted by Gasteiger charge is 2.57. The van der Waals surface area contributed by atoms with E-state index in [1.165, 1.54) is 6.08 Å². The Hall–Kier alpha value is -1.76. The molecular formula is C14H17O4-. The topological polar surface area (TPSA) is 66.4 Å². The van der Waals surface area contributed by atoms with Gasteiger partial charge >= 0.3 is 5.97 Å². The summed E-state index contributed by atoms with van der Waals surface area (Å²) in [5.41, 5.74) is -1.22. The van der Waals surface area contributed by atoms with Crippen LogP contribution in [0.4, 0.5) is 0 Å². The van der Waals surface area contributed by atoms with Gasteiger partial charge in [0.25, 0.3) is 0 Å². The van der Waals surface area contributed by atoms with E-state index in [9.17, 15) is 14.7 Å². The number of carboxylic acid groups (broad SMARTS) is 1.